The average molecular weight is 248 g/mol. The number of nitrogens with zero attached hydrogens (tertiary/aromatic N) is 1. The summed E-state index contributed by atoms with van der Waals surface area (Å²) in [7, 11) is 4.28. The topological polar surface area (TPSA) is 15.3 Å². The first kappa shape index (κ1) is 15.2. The van der Waals surface area contributed by atoms with E-state index in [-0.39, 0.29) is 5.41 Å². The second-order valence-electron chi connectivity index (χ2n) is 6.02. The van der Waals surface area contributed by atoms with Crippen LogP contribution in [0.1, 0.15) is 38.8 Å². The molecule has 0 heterocycles. The Kier molecular flexibility index (Phi) is 5.83. The van der Waals surface area contributed by atoms with Crippen molar-refractivity contribution in [1.29, 1.82) is 0 Å². The van der Waals surface area contributed by atoms with Gasteiger partial charge in [-0.15, -0.1) is 0 Å². The summed E-state index contributed by atoms with van der Waals surface area (Å²) in [5.41, 5.74) is 1.60. The molecule has 1 unspecified atom stereocenters. The Morgan fingerprint density at radius 2 is 1.78 bits per heavy atom. The summed E-state index contributed by atoms with van der Waals surface area (Å²) in [5.74, 6) is 0. The fourth-order valence-electron chi connectivity index (χ4n) is 2.69. The van der Waals surface area contributed by atoms with Crippen LogP contribution in [0, 0.1) is 5.41 Å². The van der Waals surface area contributed by atoms with E-state index in [4.69, 9.17) is 0 Å². The van der Waals surface area contributed by atoms with E-state index in [0.29, 0.717) is 6.04 Å². The van der Waals surface area contributed by atoms with Gasteiger partial charge in [0.2, 0.25) is 0 Å². The second-order valence-corrected chi connectivity index (χ2v) is 6.02. The molecule has 0 aliphatic carbocycles. The highest BCUT2D eigenvalue weighted by Gasteiger charge is 2.30. The van der Waals surface area contributed by atoms with Gasteiger partial charge in [-0.2, -0.15) is 0 Å². The molecule has 2 nitrogen and oxygen atoms in total. The highest BCUT2D eigenvalue weighted by Crippen LogP contribution is 2.33. The lowest BCUT2D eigenvalue weighted by atomic mass is 9.80. The predicted molar refractivity (Wildman–Crippen MR) is 79.8 cm³/mol. The Morgan fingerprint density at radius 1 is 1.17 bits per heavy atom. The van der Waals surface area contributed by atoms with Crippen molar-refractivity contribution >= 4 is 0 Å². The second kappa shape index (κ2) is 6.91. The van der Waals surface area contributed by atoms with Crippen molar-refractivity contribution in [3.8, 4) is 0 Å². The third-order valence-electron chi connectivity index (χ3n) is 3.24. The van der Waals surface area contributed by atoms with Crippen molar-refractivity contribution in [1.82, 2.24) is 10.2 Å². The maximum absolute atomic E-state index is 3.70. The lowest BCUT2D eigenvalue weighted by molar-refractivity contribution is 0.175. The molecule has 18 heavy (non-hydrogen) atoms. The van der Waals surface area contributed by atoms with Crippen LogP contribution in [0.5, 0.6) is 0 Å². The summed E-state index contributed by atoms with van der Waals surface area (Å²) in [5, 5.41) is 3.70. The quantitative estimate of drug-likeness (QED) is 0.796. The number of hydrogen-bond donors (Lipinski definition) is 1. The van der Waals surface area contributed by atoms with E-state index in [0.717, 1.165) is 13.1 Å². The Balaban J connectivity index is 2.90. The minimum Gasteiger partial charge on any atom is -0.309 e. The first-order valence-electron chi connectivity index (χ1n) is 6.90. The predicted octanol–water partition coefficient (Wildman–Crippen LogP) is 3.32. The van der Waals surface area contributed by atoms with Crippen LogP contribution in [0.15, 0.2) is 30.3 Å². The van der Waals surface area contributed by atoms with Crippen LogP contribution in [-0.2, 0) is 0 Å². The molecule has 1 aromatic rings. The molecule has 0 saturated heterocycles. The molecule has 0 fully saturated rings. The normalized spacial score (nSPS) is 13.9. The standard InChI is InChI=1S/C16H28N2/c1-6-12-17-15(14-10-8-7-9-11-14)16(2,3)13-18(4)5/h7-11,15,17H,6,12-13H2,1-5H3. The summed E-state index contributed by atoms with van der Waals surface area (Å²) >= 11 is 0. The first-order valence-corrected chi connectivity index (χ1v) is 6.90. The molecular weight excluding hydrogens is 220 g/mol. The highest BCUT2D eigenvalue weighted by molar-refractivity contribution is 5.21. The zero-order valence-corrected chi connectivity index (χ0v) is 12.5. The van der Waals surface area contributed by atoms with Crippen LogP contribution in [0.2, 0.25) is 0 Å². The third kappa shape index (κ3) is 4.43. The van der Waals surface area contributed by atoms with E-state index >= 15 is 0 Å². The van der Waals surface area contributed by atoms with Gasteiger partial charge in [0.15, 0.2) is 0 Å². The average Bonchev–Trinajstić information content (AvgIpc) is 2.29. The van der Waals surface area contributed by atoms with Gasteiger partial charge >= 0.3 is 0 Å². The monoisotopic (exact) mass is 248 g/mol. The fourth-order valence-corrected chi connectivity index (χ4v) is 2.69. The highest BCUT2D eigenvalue weighted by atomic mass is 15.1. The van der Waals surface area contributed by atoms with Crippen molar-refractivity contribution < 1.29 is 0 Å². The maximum Gasteiger partial charge on any atom is 0.0384 e. The number of hydrogen-bond acceptors (Lipinski definition) is 2. The van der Waals surface area contributed by atoms with E-state index < -0.39 is 0 Å². The smallest absolute Gasteiger partial charge is 0.0384 e. The summed E-state index contributed by atoms with van der Waals surface area (Å²) < 4.78 is 0. The van der Waals surface area contributed by atoms with Crippen molar-refractivity contribution in [3.63, 3.8) is 0 Å². The molecule has 1 rings (SSSR count). The van der Waals surface area contributed by atoms with Crippen molar-refractivity contribution in [2.75, 3.05) is 27.2 Å². The molecule has 0 aliphatic rings. The van der Waals surface area contributed by atoms with E-state index in [1.807, 2.05) is 0 Å². The summed E-state index contributed by atoms with van der Waals surface area (Å²) in [6.07, 6.45) is 1.17. The molecule has 1 aromatic carbocycles. The number of nitrogens with one attached hydrogen (secondary N) is 1. The Labute approximate surface area is 112 Å². The van der Waals surface area contributed by atoms with Gasteiger partial charge in [0, 0.05) is 12.6 Å². The van der Waals surface area contributed by atoms with Gasteiger partial charge in [-0.25, -0.2) is 0 Å². The lowest BCUT2D eigenvalue weighted by Gasteiger charge is -2.37. The molecule has 1 N–H and O–H groups in total. The maximum atomic E-state index is 3.70. The Hall–Kier alpha value is -0.860. The molecule has 0 aliphatic heterocycles. The lowest BCUT2D eigenvalue weighted by Crippen LogP contribution is -2.41. The van der Waals surface area contributed by atoms with Crippen LogP contribution >= 0.6 is 0 Å². The van der Waals surface area contributed by atoms with E-state index in [9.17, 15) is 0 Å². The van der Waals surface area contributed by atoms with Crippen LogP contribution in [0.25, 0.3) is 0 Å². The summed E-state index contributed by atoms with van der Waals surface area (Å²) in [6.45, 7) is 9.04. The van der Waals surface area contributed by atoms with E-state index in [1.165, 1.54) is 12.0 Å². The Bertz CT molecular complexity index is 330. The van der Waals surface area contributed by atoms with Gasteiger partial charge in [0.1, 0.15) is 0 Å². The van der Waals surface area contributed by atoms with Crippen molar-refractivity contribution in [2.24, 2.45) is 5.41 Å². The summed E-state index contributed by atoms with van der Waals surface area (Å²) in [6, 6.07) is 11.2. The largest absolute Gasteiger partial charge is 0.309 e. The summed E-state index contributed by atoms with van der Waals surface area (Å²) in [4.78, 5) is 2.27. The molecule has 0 bridgehead atoms. The molecule has 2 heteroatoms. The fraction of sp³-hybridized carbons (Fsp3) is 0.625. The molecule has 0 radical (unpaired) electrons. The minimum absolute atomic E-state index is 0.208. The van der Waals surface area contributed by atoms with Gasteiger partial charge in [0.05, 0.1) is 0 Å². The SMILES string of the molecule is CCCNC(c1ccccc1)C(C)(C)CN(C)C. The van der Waals surface area contributed by atoms with Crippen LogP contribution in [0.4, 0.5) is 0 Å². The van der Waals surface area contributed by atoms with Gasteiger partial charge in [-0.05, 0) is 38.0 Å². The third-order valence-corrected chi connectivity index (χ3v) is 3.24. The number of rotatable bonds is 7. The Morgan fingerprint density at radius 3 is 2.28 bits per heavy atom. The van der Waals surface area contributed by atoms with Crippen LogP contribution < -0.4 is 5.32 Å². The molecule has 1 atom stereocenters. The molecule has 102 valence electrons. The van der Waals surface area contributed by atoms with Gasteiger partial charge in [-0.1, -0.05) is 51.1 Å². The van der Waals surface area contributed by atoms with Crippen LogP contribution in [-0.4, -0.2) is 32.1 Å². The molecular formula is C16H28N2. The van der Waals surface area contributed by atoms with E-state index in [1.54, 1.807) is 0 Å². The zero-order chi connectivity index (χ0) is 13.6. The minimum atomic E-state index is 0.208. The van der Waals surface area contributed by atoms with Gasteiger partial charge < -0.3 is 10.2 Å². The molecule has 0 aromatic heterocycles. The van der Waals surface area contributed by atoms with Gasteiger partial charge in [0.25, 0.3) is 0 Å². The van der Waals surface area contributed by atoms with Crippen molar-refractivity contribution in [2.45, 2.75) is 33.2 Å². The molecule has 0 amide bonds. The van der Waals surface area contributed by atoms with Gasteiger partial charge in [-0.3, -0.25) is 0 Å². The van der Waals surface area contributed by atoms with E-state index in [2.05, 4.69) is 75.4 Å². The van der Waals surface area contributed by atoms with Crippen molar-refractivity contribution in [3.05, 3.63) is 35.9 Å². The van der Waals surface area contributed by atoms with Crippen LogP contribution in [0.3, 0.4) is 0 Å². The molecule has 0 spiro atoms. The number of benzene rings is 1. The zero-order valence-electron chi connectivity index (χ0n) is 12.5. The first-order chi connectivity index (χ1) is 8.47. The molecule has 0 saturated carbocycles.